The van der Waals surface area contributed by atoms with E-state index in [4.69, 9.17) is 9.97 Å². The summed E-state index contributed by atoms with van der Waals surface area (Å²) in [5.74, 6) is 1.06. The van der Waals surface area contributed by atoms with Crippen molar-refractivity contribution in [1.82, 2.24) is 9.97 Å². The smallest absolute Gasteiger partial charge is 0.251 e. The van der Waals surface area contributed by atoms with Crippen LogP contribution in [0.4, 0.5) is 17.2 Å². The van der Waals surface area contributed by atoms with Crippen LogP contribution in [0, 0.1) is 0 Å². The monoisotopic (exact) mass is 647 g/mol. The minimum Gasteiger partial charge on any atom is -0.296 e. The van der Waals surface area contributed by atoms with Crippen molar-refractivity contribution in [3.05, 3.63) is 93.9 Å². The van der Waals surface area contributed by atoms with Crippen LogP contribution in [-0.2, 0) is 32.5 Å². The zero-order chi connectivity index (χ0) is 34.7. The number of anilines is 3. The van der Waals surface area contributed by atoms with Gasteiger partial charge in [0.25, 0.3) is 6.71 Å². The first-order valence-corrected chi connectivity index (χ1v) is 19.0. The Labute approximate surface area is 295 Å². The van der Waals surface area contributed by atoms with Gasteiger partial charge in [-0.15, -0.1) is 0 Å². The molecule has 49 heavy (non-hydrogen) atoms. The Bertz CT molecular complexity index is 2040. The Morgan fingerprint density at radius 3 is 1.69 bits per heavy atom. The third-order valence-electron chi connectivity index (χ3n) is 13.4. The molecule has 3 aromatic carbocycles. The zero-order valence-electron chi connectivity index (χ0n) is 31.9. The summed E-state index contributed by atoms with van der Waals surface area (Å²) in [6, 6.07) is 20.1. The maximum atomic E-state index is 5.28. The van der Waals surface area contributed by atoms with Crippen LogP contribution < -0.4 is 21.3 Å². The normalized spacial score (nSPS) is 20.5. The van der Waals surface area contributed by atoms with Gasteiger partial charge in [0.1, 0.15) is 12.1 Å². The zero-order valence-corrected chi connectivity index (χ0v) is 31.9. The van der Waals surface area contributed by atoms with E-state index in [-0.39, 0.29) is 28.4 Å². The summed E-state index contributed by atoms with van der Waals surface area (Å²) in [6.07, 6.45) is 9.91. The molecule has 2 saturated carbocycles. The maximum Gasteiger partial charge on any atom is 0.251 e. The van der Waals surface area contributed by atoms with Crippen molar-refractivity contribution in [3.63, 3.8) is 0 Å². The van der Waals surface area contributed by atoms with E-state index in [9.17, 15) is 0 Å². The maximum absolute atomic E-state index is 5.28. The highest BCUT2D eigenvalue weighted by Crippen LogP contribution is 2.66. The molecule has 9 rings (SSSR count). The predicted molar refractivity (Wildman–Crippen MR) is 207 cm³/mol. The van der Waals surface area contributed by atoms with E-state index < -0.39 is 0 Å². The number of hydrogen-bond donors (Lipinski definition) is 0. The first kappa shape index (κ1) is 31.6. The second kappa shape index (κ2) is 9.48. The van der Waals surface area contributed by atoms with Crippen molar-refractivity contribution >= 4 is 40.3 Å². The van der Waals surface area contributed by atoms with Gasteiger partial charge in [0.05, 0.1) is 5.69 Å². The van der Waals surface area contributed by atoms with Crippen LogP contribution in [0.25, 0.3) is 0 Å². The van der Waals surface area contributed by atoms with E-state index in [1.54, 1.807) is 11.1 Å². The fraction of sp³-hybridized carbons (Fsp3) is 0.511. The molecule has 5 aliphatic rings. The standard InChI is InChI=1S/C45H54BN3/c1-40(2,3)27-12-13-31-34(23-27)46-35-24-32-33(45(18-19-45)17-16-44(32)14-15-44)25-36(35)49(39-37(46)38(43(31,10)11)47-26-48-39)30-21-28(41(4,5)6)20-29(22-30)42(7,8)9/h12-13,20-26H,14-19H2,1-11H3. The number of aromatic nitrogens is 2. The summed E-state index contributed by atoms with van der Waals surface area (Å²) in [5, 5.41) is 0. The van der Waals surface area contributed by atoms with Crippen LogP contribution in [-0.4, -0.2) is 16.7 Å². The van der Waals surface area contributed by atoms with Crippen molar-refractivity contribution in [3.8, 4) is 0 Å². The Hall–Kier alpha value is -3.40. The Balaban J connectivity index is 1.40. The summed E-state index contributed by atoms with van der Waals surface area (Å²) >= 11 is 0. The number of benzene rings is 3. The first-order valence-electron chi connectivity index (χ1n) is 19.0. The molecule has 0 unspecified atom stereocenters. The van der Waals surface area contributed by atoms with Crippen molar-refractivity contribution in [1.29, 1.82) is 0 Å². The highest BCUT2D eigenvalue weighted by Gasteiger charge is 2.58. The molecule has 3 heterocycles. The van der Waals surface area contributed by atoms with Crippen LogP contribution in [0.5, 0.6) is 0 Å². The summed E-state index contributed by atoms with van der Waals surface area (Å²) in [5.41, 5.74) is 17.4. The molecule has 0 radical (unpaired) electrons. The van der Waals surface area contributed by atoms with Gasteiger partial charge in [-0.25, -0.2) is 9.97 Å². The largest absolute Gasteiger partial charge is 0.296 e. The molecule has 0 N–H and O–H groups in total. The topological polar surface area (TPSA) is 29.0 Å². The molecule has 2 fully saturated rings. The molecule has 2 aliphatic heterocycles. The van der Waals surface area contributed by atoms with E-state index >= 15 is 0 Å². The van der Waals surface area contributed by atoms with Crippen molar-refractivity contribution < 1.29 is 0 Å². The van der Waals surface area contributed by atoms with E-state index in [0.29, 0.717) is 10.8 Å². The van der Waals surface area contributed by atoms with Crippen LogP contribution in [0.2, 0.25) is 0 Å². The number of nitrogens with zero attached hydrogens (tertiary/aromatic N) is 3. The average molecular weight is 648 g/mol. The molecule has 0 atom stereocenters. The molecule has 0 amide bonds. The molecule has 3 nitrogen and oxygen atoms in total. The summed E-state index contributed by atoms with van der Waals surface area (Å²) in [6.45, 7) is 26.0. The number of fused-ring (bicyclic) bond motifs is 7. The van der Waals surface area contributed by atoms with Gasteiger partial charge in [-0.3, -0.25) is 4.90 Å². The van der Waals surface area contributed by atoms with Gasteiger partial charge in [0.15, 0.2) is 0 Å². The third-order valence-corrected chi connectivity index (χ3v) is 13.4. The van der Waals surface area contributed by atoms with Gasteiger partial charge in [-0.05, 0) is 128 Å². The molecule has 1 aromatic heterocycles. The predicted octanol–water partition coefficient (Wildman–Crippen LogP) is 9.16. The fourth-order valence-corrected chi connectivity index (χ4v) is 9.75. The van der Waals surface area contributed by atoms with E-state index in [1.165, 1.54) is 94.2 Å². The van der Waals surface area contributed by atoms with Gasteiger partial charge >= 0.3 is 0 Å². The van der Waals surface area contributed by atoms with Gasteiger partial charge in [-0.1, -0.05) is 112 Å². The SMILES string of the molecule is CC(C)(C)c1cc(N2c3cc4c(cc3B3c5cc(C(C)(C)C)ccc5C(C)(C)c5ncnc2c53)C2(CC2)CCC42CC2)cc(C(C)(C)C)c1. The Kier molecular flexibility index (Phi) is 6.11. The minimum atomic E-state index is -0.244. The van der Waals surface area contributed by atoms with Gasteiger partial charge in [-0.2, -0.15) is 0 Å². The average Bonchev–Trinajstić information content (AvgIpc) is 3.96. The molecule has 2 spiro atoms. The van der Waals surface area contributed by atoms with Gasteiger partial charge in [0.2, 0.25) is 0 Å². The minimum absolute atomic E-state index is 0.0127. The Morgan fingerprint density at radius 2 is 1.14 bits per heavy atom. The van der Waals surface area contributed by atoms with Crippen LogP contribution in [0.1, 0.15) is 154 Å². The first-order chi connectivity index (χ1) is 22.8. The number of hydrogen-bond acceptors (Lipinski definition) is 3. The van der Waals surface area contributed by atoms with Gasteiger partial charge in [0, 0.05) is 16.8 Å². The summed E-state index contributed by atoms with van der Waals surface area (Å²) in [4.78, 5) is 13.0. The second-order valence-electron chi connectivity index (χ2n) is 20.2. The van der Waals surface area contributed by atoms with E-state index in [1.807, 2.05) is 6.33 Å². The number of rotatable bonds is 1. The highest BCUT2D eigenvalue weighted by molar-refractivity contribution is 6.98. The van der Waals surface area contributed by atoms with Crippen LogP contribution >= 0.6 is 0 Å². The summed E-state index contributed by atoms with van der Waals surface area (Å²) in [7, 11) is 0. The van der Waals surface area contributed by atoms with E-state index in [0.717, 1.165) is 5.82 Å². The van der Waals surface area contributed by atoms with Crippen LogP contribution in [0.3, 0.4) is 0 Å². The quantitative estimate of drug-likeness (QED) is 0.170. The molecular formula is C45H54BN3. The lowest BCUT2D eigenvalue weighted by molar-refractivity contribution is 0.459. The molecule has 252 valence electrons. The molecular weight excluding hydrogens is 593 g/mol. The molecule has 3 aliphatic carbocycles. The van der Waals surface area contributed by atoms with Crippen molar-refractivity contribution in [2.75, 3.05) is 4.90 Å². The lowest BCUT2D eigenvalue weighted by Crippen LogP contribution is -2.65. The Morgan fingerprint density at radius 1 is 0.592 bits per heavy atom. The molecule has 4 aromatic rings. The van der Waals surface area contributed by atoms with E-state index in [2.05, 4.69) is 130 Å². The van der Waals surface area contributed by atoms with Gasteiger partial charge < -0.3 is 0 Å². The highest BCUT2D eigenvalue weighted by atomic mass is 15.2. The molecule has 0 bridgehead atoms. The molecule has 0 saturated heterocycles. The van der Waals surface area contributed by atoms with Crippen LogP contribution in [0.15, 0.2) is 54.9 Å². The third kappa shape index (κ3) is 4.47. The summed E-state index contributed by atoms with van der Waals surface area (Å²) < 4.78 is 0. The fourth-order valence-electron chi connectivity index (χ4n) is 9.75. The molecule has 4 heteroatoms. The second-order valence-corrected chi connectivity index (χ2v) is 20.2. The lowest BCUT2D eigenvalue weighted by Gasteiger charge is -2.45. The lowest BCUT2D eigenvalue weighted by atomic mass is 9.30. The van der Waals surface area contributed by atoms with Crippen molar-refractivity contribution in [2.24, 2.45) is 0 Å². The van der Waals surface area contributed by atoms with Crippen molar-refractivity contribution in [2.45, 2.75) is 147 Å².